The largest absolute Gasteiger partial charge is 0.490 e. The predicted octanol–water partition coefficient (Wildman–Crippen LogP) is 0.0734. The van der Waals surface area contributed by atoms with Crippen LogP contribution < -0.4 is 11.2 Å². The molecule has 0 bridgehead atoms. The Hall–Kier alpha value is -1.88. The third-order valence-electron chi connectivity index (χ3n) is 6.51. The highest BCUT2D eigenvalue weighted by atomic mass is 31.3. The molecule has 2 aromatic rings. The Morgan fingerprint density at radius 3 is 2.32 bits per heavy atom. The highest BCUT2D eigenvalue weighted by Crippen LogP contribution is 2.66. The van der Waals surface area contributed by atoms with Crippen molar-refractivity contribution in [3.63, 3.8) is 0 Å². The summed E-state index contributed by atoms with van der Waals surface area (Å²) in [6.45, 7) is -1.26. The Labute approximate surface area is 231 Å². The van der Waals surface area contributed by atoms with Crippen LogP contribution in [0.2, 0.25) is 0 Å². The molecule has 0 aromatic carbocycles. The third-order valence-corrected chi connectivity index (χ3v) is 10.3. The lowest BCUT2D eigenvalue weighted by Crippen LogP contribution is -2.43. The number of nitrogens with zero attached hydrogens (tertiary/aromatic N) is 3. The summed E-state index contributed by atoms with van der Waals surface area (Å²) in [7, 11) is -16.9. The number of pyridine rings is 1. The maximum Gasteiger partial charge on any atom is 0.490 e. The van der Waals surface area contributed by atoms with Crippen molar-refractivity contribution < 1.29 is 61.4 Å². The van der Waals surface area contributed by atoms with Gasteiger partial charge < -0.3 is 34.5 Å². The van der Waals surface area contributed by atoms with Gasteiger partial charge in [-0.1, -0.05) is 12.8 Å². The Morgan fingerprint density at radius 1 is 0.976 bits per heavy atom. The van der Waals surface area contributed by atoms with E-state index in [-0.39, 0.29) is 6.54 Å². The number of phosphoric acid groups is 3. The van der Waals surface area contributed by atoms with E-state index < -0.39 is 65.9 Å². The molecule has 3 heterocycles. The molecule has 228 valence electrons. The van der Waals surface area contributed by atoms with Crippen molar-refractivity contribution in [2.75, 3.05) is 6.61 Å². The number of aromatic nitrogens is 3. The van der Waals surface area contributed by atoms with Crippen molar-refractivity contribution in [1.29, 1.82) is 0 Å². The molecule has 1 aliphatic heterocycles. The summed E-state index contributed by atoms with van der Waals surface area (Å²) in [5.41, 5.74) is -0.0895. The van der Waals surface area contributed by atoms with Crippen LogP contribution in [0.15, 0.2) is 40.2 Å². The molecule has 41 heavy (non-hydrogen) atoms. The quantitative estimate of drug-likeness (QED) is 0.177. The number of rotatable bonds is 11. The molecule has 2 aliphatic rings. The Kier molecular flexibility index (Phi) is 9.68. The highest BCUT2D eigenvalue weighted by Gasteiger charge is 2.47. The smallest absolute Gasteiger partial charge is 0.387 e. The van der Waals surface area contributed by atoms with Gasteiger partial charge in [0.05, 0.1) is 18.8 Å². The van der Waals surface area contributed by atoms with E-state index in [1.165, 1.54) is 0 Å². The minimum atomic E-state index is -5.78. The van der Waals surface area contributed by atoms with Crippen molar-refractivity contribution in [3.05, 3.63) is 62.7 Å². The average molecular weight is 643 g/mol. The molecule has 0 spiro atoms. The van der Waals surface area contributed by atoms with Gasteiger partial charge in [0, 0.05) is 18.5 Å². The minimum absolute atomic E-state index is 0.195. The molecular formula is C20H28N3O15P3. The second kappa shape index (κ2) is 12.4. The number of phosphoric ester groups is 1. The molecule has 0 radical (unpaired) electrons. The normalized spacial score (nSPS) is 26.6. The fraction of sp³-hybridized carbons (Fsp3) is 0.550. The molecule has 1 saturated carbocycles. The molecule has 3 unspecified atom stereocenters. The maximum atomic E-state index is 13.2. The SMILES string of the molecule is O=c1ccn([C@@H]2O[C@H](COP(=O)(O)OP(=O)(O)OP(=O)(O)O)C(O)[C@@H]2O)c(=O)n1Cc1cc(C2CCCC2)ccn1. The molecular weight excluding hydrogens is 615 g/mol. The standard InChI is InChI=1S/C20H28N3O15P3/c24-16-6-8-22(20(27)23(16)10-14-9-13(5-7-21-14)12-3-1-2-4-12)19-18(26)17(25)15(36-19)11-35-40(31,32)38-41(33,34)37-39(28,29)30/h5-9,12,15,17-19,25-26H,1-4,10-11H2,(H,31,32)(H,33,34)(H2,28,29,30)/t15-,17?,18+,19-/m1/s1. The zero-order valence-electron chi connectivity index (χ0n) is 21.1. The summed E-state index contributed by atoms with van der Waals surface area (Å²) in [4.78, 5) is 66.1. The maximum absolute atomic E-state index is 13.2. The molecule has 6 atom stereocenters. The van der Waals surface area contributed by atoms with Crippen LogP contribution in [-0.2, 0) is 38.1 Å². The van der Waals surface area contributed by atoms with E-state index in [2.05, 4.69) is 18.1 Å². The lowest BCUT2D eigenvalue weighted by molar-refractivity contribution is -0.0547. The zero-order chi connectivity index (χ0) is 30.2. The summed E-state index contributed by atoms with van der Waals surface area (Å²) < 4.78 is 52.9. The van der Waals surface area contributed by atoms with Gasteiger partial charge in [-0.25, -0.2) is 18.5 Å². The average Bonchev–Trinajstić information content (AvgIpc) is 3.48. The molecule has 0 amide bonds. The fourth-order valence-electron chi connectivity index (χ4n) is 4.70. The lowest BCUT2D eigenvalue weighted by Gasteiger charge is -2.19. The number of ether oxygens (including phenoxy) is 1. The van der Waals surface area contributed by atoms with Crippen LogP contribution in [0.4, 0.5) is 0 Å². The topological polar surface area (TPSA) is 266 Å². The molecule has 6 N–H and O–H groups in total. The zero-order valence-corrected chi connectivity index (χ0v) is 23.7. The van der Waals surface area contributed by atoms with Gasteiger partial charge in [0.1, 0.15) is 18.3 Å². The van der Waals surface area contributed by atoms with Crippen LogP contribution in [0.3, 0.4) is 0 Å². The van der Waals surface area contributed by atoms with Crippen molar-refractivity contribution >= 4 is 23.5 Å². The Morgan fingerprint density at radius 2 is 1.66 bits per heavy atom. The lowest BCUT2D eigenvalue weighted by atomic mass is 9.98. The number of hydrogen-bond donors (Lipinski definition) is 6. The van der Waals surface area contributed by atoms with E-state index in [0.717, 1.165) is 52.6 Å². The van der Waals surface area contributed by atoms with E-state index in [1.54, 1.807) is 6.20 Å². The molecule has 2 aromatic heterocycles. The molecule has 21 heteroatoms. The highest BCUT2D eigenvalue weighted by molar-refractivity contribution is 7.66. The first kappa shape index (κ1) is 32.0. The van der Waals surface area contributed by atoms with E-state index in [4.69, 9.17) is 14.5 Å². The molecule has 1 saturated heterocycles. The van der Waals surface area contributed by atoms with E-state index in [0.29, 0.717) is 11.6 Å². The molecule has 4 rings (SSSR count). The number of aliphatic hydroxyl groups excluding tert-OH is 2. The van der Waals surface area contributed by atoms with Gasteiger partial charge in [-0.05, 0) is 36.5 Å². The van der Waals surface area contributed by atoms with Gasteiger partial charge in [-0.3, -0.25) is 23.4 Å². The van der Waals surface area contributed by atoms with Gasteiger partial charge in [-0.2, -0.15) is 8.62 Å². The van der Waals surface area contributed by atoms with Crippen LogP contribution in [0, 0.1) is 0 Å². The van der Waals surface area contributed by atoms with Gasteiger partial charge in [0.25, 0.3) is 5.56 Å². The predicted molar refractivity (Wildman–Crippen MR) is 135 cm³/mol. The van der Waals surface area contributed by atoms with Crippen molar-refractivity contribution in [2.24, 2.45) is 0 Å². The van der Waals surface area contributed by atoms with E-state index in [9.17, 15) is 43.3 Å². The second-order valence-corrected chi connectivity index (χ2v) is 13.8. The van der Waals surface area contributed by atoms with Crippen LogP contribution in [0.25, 0.3) is 0 Å². The fourth-order valence-corrected chi connectivity index (χ4v) is 7.73. The van der Waals surface area contributed by atoms with Crippen LogP contribution >= 0.6 is 23.5 Å². The summed E-state index contributed by atoms with van der Waals surface area (Å²) in [6, 6.07) is 4.74. The molecule has 2 fully saturated rings. The number of aliphatic hydroxyl groups is 2. The molecule has 18 nitrogen and oxygen atoms in total. The minimum Gasteiger partial charge on any atom is -0.387 e. The monoisotopic (exact) mass is 643 g/mol. The first-order chi connectivity index (χ1) is 19.1. The first-order valence-electron chi connectivity index (χ1n) is 12.1. The molecule has 1 aliphatic carbocycles. The van der Waals surface area contributed by atoms with Gasteiger partial charge in [-0.15, -0.1) is 0 Å². The Balaban J connectivity index is 1.48. The van der Waals surface area contributed by atoms with Crippen molar-refractivity contribution in [3.8, 4) is 0 Å². The van der Waals surface area contributed by atoms with Crippen molar-refractivity contribution in [2.45, 2.75) is 62.7 Å². The third kappa shape index (κ3) is 8.15. The first-order valence-corrected chi connectivity index (χ1v) is 16.6. The Bertz CT molecular complexity index is 1520. The summed E-state index contributed by atoms with van der Waals surface area (Å²) in [5.74, 6) is 0.367. The van der Waals surface area contributed by atoms with Gasteiger partial charge in [0.2, 0.25) is 0 Å². The van der Waals surface area contributed by atoms with Crippen LogP contribution in [0.5, 0.6) is 0 Å². The number of hydrogen-bond acceptors (Lipinski definition) is 12. The van der Waals surface area contributed by atoms with E-state index in [1.807, 2.05) is 12.1 Å². The van der Waals surface area contributed by atoms with E-state index >= 15 is 0 Å². The van der Waals surface area contributed by atoms with Crippen LogP contribution in [-0.4, -0.2) is 68.8 Å². The second-order valence-electron chi connectivity index (χ2n) is 9.42. The summed E-state index contributed by atoms with van der Waals surface area (Å²) >= 11 is 0. The summed E-state index contributed by atoms with van der Waals surface area (Å²) in [5, 5.41) is 20.9. The summed E-state index contributed by atoms with van der Waals surface area (Å²) in [6.07, 6.45) is 0.0574. The van der Waals surface area contributed by atoms with Gasteiger partial charge in [0.15, 0.2) is 6.23 Å². The van der Waals surface area contributed by atoms with Crippen molar-refractivity contribution in [1.82, 2.24) is 14.1 Å². The van der Waals surface area contributed by atoms with Crippen LogP contribution in [0.1, 0.15) is 49.1 Å². The van der Waals surface area contributed by atoms with Gasteiger partial charge >= 0.3 is 29.2 Å².